The number of Topliss-reactive ketones (excluding diaryl/α,β-unsaturated/α-hetero) is 1. The molecule has 0 amide bonds. The average Bonchev–Trinajstić information content (AvgIpc) is 2.29. The number of benzene rings is 1. The summed E-state index contributed by atoms with van der Waals surface area (Å²) in [6.07, 6.45) is 3.56. The zero-order valence-corrected chi connectivity index (χ0v) is 11.5. The van der Waals surface area contributed by atoms with E-state index in [4.69, 9.17) is 16.3 Å². The molecule has 0 aliphatic heterocycles. The van der Waals surface area contributed by atoms with Gasteiger partial charge in [0, 0.05) is 24.5 Å². The van der Waals surface area contributed by atoms with Crippen molar-refractivity contribution in [2.45, 2.75) is 38.7 Å². The van der Waals surface area contributed by atoms with Gasteiger partial charge in [-0.3, -0.25) is 4.79 Å². The summed E-state index contributed by atoms with van der Waals surface area (Å²) in [7, 11) is 0. The van der Waals surface area contributed by atoms with Gasteiger partial charge in [0.15, 0.2) is 0 Å². The van der Waals surface area contributed by atoms with Crippen LogP contribution in [0.4, 0.5) is 0 Å². The Kier molecular flexibility index (Phi) is 4.79. The molecule has 1 aromatic carbocycles. The van der Waals surface area contributed by atoms with Gasteiger partial charge in [0.25, 0.3) is 0 Å². The Hall–Kier alpha value is -0.860. The molecule has 1 aromatic rings. The van der Waals surface area contributed by atoms with Gasteiger partial charge in [-0.2, -0.15) is 0 Å². The van der Waals surface area contributed by atoms with Crippen molar-refractivity contribution in [3.63, 3.8) is 0 Å². The Bertz CT molecular complexity index is 411. The number of carbonyl (C=O) groups excluding carboxylic acids is 1. The second-order valence-corrected chi connectivity index (χ2v) is 5.33. The van der Waals surface area contributed by atoms with Crippen molar-refractivity contribution in [2.75, 3.05) is 6.61 Å². The van der Waals surface area contributed by atoms with Crippen molar-refractivity contribution >= 4 is 17.4 Å². The van der Waals surface area contributed by atoms with E-state index in [9.17, 15) is 4.79 Å². The molecule has 3 heteroatoms. The SMILES string of the molecule is CCOC1CC(CC(=O)Cc2ccccc2Cl)C1. The van der Waals surface area contributed by atoms with E-state index < -0.39 is 0 Å². The summed E-state index contributed by atoms with van der Waals surface area (Å²) in [5, 5.41) is 0.687. The van der Waals surface area contributed by atoms with Crippen LogP contribution in [0.15, 0.2) is 24.3 Å². The maximum atomic E-state index is 11.9. The molecule has 1 saturated carbocycles. The van der Waals surface area contributed by atoms with E-state index in [0.717, 1.165) is 25.0 Å². The van der Waals surface area contributed by atoms with Gasteiger partial charge >= 0.3 is 0 Å². The highest BCUT2D eigenvalue weighted by atomic mass is 35.5. The van der Waals surface area contributed by atoms with Gasteiger partial charge in [-0.25, -0.2) is 0 Å². The van der Waals surface area contributed by atoms with E-state index >= 15 is 0 Å². The van der Waals surface area contributed by atoms with Crippen LogP contribution in [-0.4, -0.2) is 18.5 Å². The number of hydrogen-bond donors (Lipinski definition) is 0. The molecule has 0 bridgehead atoms. The summed E-state index contributed by atoms with van der Waals surface area (Å²) in [6.45, 7) is 2.78. The zero-order chi connectivity index (χ0) is 13.0. The lowest BCUT2D eigenvalue weighted by atomic mass is 9.78. The molecule has 0 N–H and O–H groups in total. The smallest absolute Gasteiger partial charge is 0.137 e. The van der Waals surface area contributed by atoms with Crippen LogP contribution in [0.3, 0.4) is 0 Å². The molecular formula is C15H19ClO2. The topological polar surface area (TPSA) is 26.3 Å². The first-order valence-corrected chi connectivity index (χ1v) is 6.93. The quantitative estimate of drug-likeness (QED) is 0.786. The van der Waals surface area contributed by atoms with E-state index in [-0.39, 0.29) is 5.78 Å². The minimum atomic E-state index is 0.281. The van der Waals surface area contributed by atoms with Crippen molar-refractivity contribution in [3.05, 3.63) is 34.9 Å². The number of carbonyl (C=O) groups is 1. The molecule has 1 aliphatic rings. The fourth-order valence-electron chi connectivity index (χ4n) is 2.46. The molecule has 0 spiro atoms. The van der Waals surface area contributed by atoms with Crippen LogP contribution in [0.5, 0.6) is 0 Å². The van der Waals surface area contributed by atoms with Crippen LogP contribution in [0.2, 0.25) is 5.02 Å². The summed E-state index contributed by atoms with van der Waals surface area (Å²) < 4.78 is 5.49. The Morgan fingerprint density at radius 2 is 2.11 bits per heavy atom. The molecule has 0 aromatic heterocycles. The number of halogens is 1. The van der Waals surface area contributed by atoms with Crippen molar-refractivity contribution in [1.82, 2.24) is 0 Å². The van der Waals surface area contributed by atoms with Crippen LogP contribution >= 0.6 is 11.6 Å². The fourth-order valence-corrected chi connectivity index (χ4v) is 2.66. The summed E-state index contributed by atoms with van der Waals surface area (Å²) in [4.78, 5) is 11.9. The Balaban J connectivity index is 1.75. The van der Waals surface area contributed by atoms with Gasteiger partial charge in [0.2, 0.25) is 0 Å². The monoisotopic (exact) mass is 266 g/mol. The van der Waals surface area contributed by atoms with Crippen molar-refractivity contribution < 1.29 is 9.53 Å². The lowest BCUT2D eigenvalue weighted by molar-refractivity contribution is -0.121. The molecule has 18 heavy (non-hydrogen) atoms. The zero-order valence-electron chi connectivity index (χ0n) is 10.7. The van der Waals surface area contributed by atoms with E-state index in [0.29, 0.717) is 29.9 Å². The highest BCUT2D eigenvalue weighted by Crippen LogP contribution is 2.33. The molecule has 0 unspecified atom stereocenters. The molecule has 2 nitrogen and oxygen atoms in total. The molecular weight excluding hydrogens is 248 g/mol. The van der Waals surface area contributed by atoms with Crippen LogP contribution < -0.4 is 0 Å². The molecule has 0 radical (unpaired) electrons. The third-order valence-electron chi connectivity index (χ3n) is 3.46. The standard InChI is InChI=1S/C15H19ClO2/c1-2-18-14-8-11(9-14)7-13(17)10-12-5-3-4-6-15(12)16/h3-6,11,14H,2,7-10H2,1H3. The summed E-state index contributed by atoms with van der Waals surface area (Å²) >= 11 is 6.04. The first kappa shape index (κ1) is 13.6. The number of rotatable bonds is 6. The largest absolute Gasteiger partial charge is 0.378 e. The molecule has 2 rings (SSSR count). The third kappa shape index (κ3) is 3.56. The van der Waals surface area contributed by atoms with Crippen molar-refractivity contribution in [3.8, 4) is 0 Å². The minimum absolute atomic E-state index is 0.281. The number of ether oxygens (including phenoxy) is 1. The Labute approximate surface area is 113 Å². The first-order valence-electron chi connectivity index (χ1n) is 6.55. The molecule has 1 fully saturated rings. The average molecular weight is 267 g/mol. The van der Waals surface area contributed by atoms with Crippen LogP contribution in [0.25, 0.3) is 0 Å². The summed E-state index contributed by atoms with van der Waals surface area (Å²) in [6, 6.07) is 7.56. The first-order chi connectivity index (χ1) is 8.69. The van der Waals surface area contributed by atoms with Gasteiger partial charge < -0.3 is 4.74 Å². The lowest BCUT2D eigenvalue weighted by Crippen LogP contribution is -2.33. The van der Waals surface area contributed by atoms with E-state index in [2.05, 4.69) is 0 Å². The predicted octanol–water partition coefficient (Wildman–Crippen LogP) is 3.66. The third-order valence-corrected chi connectivity index (χ3v) is 3.83. The lowest BCUT2D eigenvalue weighted by Gasteiger charge is -2.34. The van der Waals surface area contributed by atoms with Gasteiger partial charge in [-0.1, -0.05) is 29.8 Å². The molecule has 0 heterocycles. The second kappa shape index (κ2) is 6.35. The Morgan fingerprint density at radius 3 is 2.78 bits per heavy atom. The van der Waals surface area contributed by atoms with Gasteiger partial charge in [-0.15, -0.1) is 0 Å². The highest BCUT2D eigenvalue weighted by Gasteiger charge is 2.30. The number of hydrogen-bond acceptors (Lipinski definition) is 2. The highest BCUT2D eigenvalue weighted by molar-refractivity contribution is 6.31. The molecule has 1 aliphatic carbocycles. The number of ketones is 1. The summed E-state index contributed by atoms with van der Waals surface area (Å²) in [5.74, 6) is 0.791. The molecule has 98 valence electrons. The van der Waals surface area contributed by atoms with Gasteiger partial charge in [0.1, 0.15) is 5.78 Å². The fraction of sp³-hybridized carbons (Fsp3) is 0.533. The maximum absolute atomic E-state index is 11.9. The predicted molar refractivity (Wildman–Crippen MR) is 72.9 cm³/mol. The van der Waals surface area contributed by atoms with Gasteiger partial charge in [0.05, 0.1) is 6.10 Å². The second-order valence-electron chi connectivity index (χ2n) is 4.93. The van der Waals surface area contributed by atoms with Crippen LogP contribution in [0.1, 0.15) is 31.7 Å². The van der Waals surface area contributed by atoms with E-state index in [1.807, 2.05) is 31.2 Å². The maximum Gasteiger partial charge on any atom is 0.137 e. The van der Waals surface area contributed by atoms with Crippen molar-refractivity contribution in [1.29, 1.82) is 0 Å². The van der Waals surface area contributed by atoms with Gasteiger partial charge in [-0.05, 0) is 37.3 Å². The van der Waals surface area contributed by atoms with Crippen LogP contribution in [-0.2, 0) is 16.0 Å². The molecule has 0 saturated heterocycles. The molecule has 0 atom stereocenters. The van der Waals surface area contributed by atoms with E-state index in [1.54, 1.807) is 0 Å². The Morgan fingerprint density at radius 1 is 1.39 bits per heavy atom. The van der Waals surface area contributed by atoms with Crippen LogP contribution in [0, 0.1) is 5.92 Å². The van der Waals surface area contributed by atoms with Crippen molar-refractivity contribution in [2.24, 2.45) is 5.92 Å². The van der Waals surface area contributed by atoms with E-state index in [1.165, 1.54) is 0 Å². The minimum Gasteiger partial charge on any atom is -0.378 e. The summed E-state index contributed by atoms with van der Waals surface area (Å²) in [5.41, 5.74) is 0.935. The normalized spacial score (nSPS) is 22.6.